The van der Waals surface area contributed by atoms with Gasteiger partial charge < -0.3 is 4.57 Å². The molecule has 0 unspecified atom stereocenters. The van der Waals surface area contributed by atoms with Gasteiger partial charge in [-0.3, -0.25) is 18.8 Å². The van der Waals surface area contributed by atoms with E-state index < -0.39 is 17.1 Å². The van der Waals surface area contributed by atoms with Crippen LogP contribution in [0.2, 0.25) is 5.02 Å². The number of nitrogens with zero attached hydrogens (tertiary/aromatic N) is 5. The van der Waals surface area contributed by atoms with E-state index in [-0.39, 0.29) is 17.1 Å². The molecule has 1 fully saturated rings. The summed E-state index contributed by atoms with van der Waals surface area (Å²) in [6, 6.07) is 4.52. The highest BCUT2D eigenvalue weighted by Crippen LogP contribution is 2.24. The molecule has 160 valence electrons. The molecule has 0 saturated carbocycles. The number of fused-ring (bicyclic) bond motifs is 1. The third kappa shape index (κ3) is 3.58. The molecule has 0 aliphatic carbocycles. The monoisotopic (exact) mass is 433 g/mol. The molecule has 0 spiro atoms. The summed E-state index contributed by atoms with van der Waals surface area (Å²) < 4.78 is 18.7. The Kier molecular flexibility index (Phi) is 5.55. The molecule has 30 heavy (non-hydrogen) atoms. The van der Waals surface area contributed by atoms with E-state index in [1.165, 1.54) is 24.1 Å². The number of rotatable bonds is 4. The first-order valence-corrected chi connectivity index (χ1v) is 10.5. The molecule has 3 heterocycles. The summed E-state index contributed by atoms with van der Waals surface area (Å²) in [5, 5.41) is 0.288. The molecule has 0 N–H and O–H groups in total. The summed E-state index contributed by atoms with van der Waals surface area (Å²) in [6.07, 6.45) is 2.29. The molecular formula is C21H25ClFN5O2. The van der Waals surface area contributed by atoms with Gasteiger partial charge >= 0.3 is 5.69 Å². The fourth-order valence-corrected chi connectivity index (χ4v) is 4.48. The first-order chi connectivity index (χ1) is 14.3. The number of aryl methyl sites for hydroxylation is 1. The Labute approximate surface area is 178 Å². The molecule has 1 aromatic carbocycles. The summed E-state index contributed by atoms with van der Waals surface area (Å²) in [5.74, 6) is 0.759. The van der Waals surface area contributed by atoms with Gasteiger partial charge in [0.1, 0.15) is 11.6 Å². The predicted octanol–water partition coefficient (Wildman–Crippen LogP) is 2.51. The van der Waals surface area contributed by atoms with Crippen molar-refractivity contribution in [3.05, 3.63) is 61.3 Å². The fraction of sp³-hybridized carbons (Fsp3) is 0.476. The second kappa shape index (κ2) is 8.00. The highest BCUT2D eigenvalue weighted by Gasteiger charge is 2.24. The Morgan fingerprint density at radius 2 is 1.97 bits per heavy atom. The van der Waals surface area contributed by atoms with Crippen LogP contribution < -0.4 is 11.2 Å². The summed E-state index contributed by atoms with van der Waals surface area (Å²) >= 11 is 6.27. The molecule has 7 nitrogen and oxygen atoms in total. The van der Waals surface area contributed by atoms with E-state index >= 15 is 0 Å². The van der Waals surface area contributed by atoms with Gasteiger partial charge in [0.2, 0.25) is 0 Å². The lowest BCUT2D eigenvalue weighted by Crippen LogP contribution is -2.37. The largest absolute Gasteiger partial charge is 0.332 e. The van der Waals surface area contributed by atoms with Crippen LogP contribution in [0.15, 0.2) is 27.8 Å². The molecule has 1 saturated heterocycles. The van der Waals surface area contributed by atoms with Crippen LogP contribution in [0, 0.1) is 11.7 Å². The van der Waals surface area contributed by atoms with Crippen molar-refractivity contribution in [1.29, 1.82) is 0 Å². The Bertz CT molecular complexity index is 1210. The van der Waals surface area contributed by atoms with E-state index in [1.807, 2.05) is 0 Å². The van der Waals surface area contributed by atoms with Gasteiger partial charge in [0.15, 0.2) is 11.2 Å². The quantitative estimate of drug-likeness (QED) is 0.634. The fourth-order valence-electron chi connectivity index (χ4n) is 4.25. The lowest BCUT2D eigenvalue weighted by Gasteiger charge is -2.30. The van der Waals surface area contributed by atoms with Crippen LogP contribution in [0.5, 0.6) is 0 Å². The van der Waals surface area contributed by atoms with Crippen LogP contribution in [0.1, 0.15) is 31.2 Å². The molecule has 4 rings (SSSR count). The average molecular weight is 434 g/mol. The molecular weight excluding hydrogens is 409 g/mol. The van der Waals surface area contributed by atoms with E-state index in [2.05, 4.69) is 16.8 Å². The zero-order valence-electron chi connectivity index (χ0n) is 17.4. The second-order valence-corrected chi connectivity index (χ2v) is 8.58. The number of benzene rings is 1. The van der Waals surface area contributed by atoms with Gasteiger partial charge in [-0.2, -0.15) is 0 Å². The van der Waals surface area contributed by atoms with Gasteiger partial charge in [-0.05, 0) is 37.4 Å². The van der Waals surface area contributed by atoms with Gasteiger partial charge in [0.05, 0.1) is 13.1 Å². The number of likely N-dealkylation sites (tertiary alicyclic amines) is 1. The first kappa shape index (κ1) is 20.8. The van der Waals surface area contributed by atoms with Gasteiger partial charge in [-0.1, -0.05) is 24.6 Å². The van der Waals surface area contributed by atoms with Crippen LogP contribution in [-0.2, 0) is 27.2 Å². The van der Waals surface area contributed by atoms with E-state index in [4.69, 9.17) is 11.6 Å². The summed E-state index contributed by atoms with van der Waals surface area (Å²) in [4.78, 5) is 32.3. The van der Waals surface area contributed by atoms with E-state index in [9.17, 15) is 14.0 Å². The number of piperidine rings is 1. The Morgan fingerprint density at radius 3 is 2.67 bits per heavy atom. The van der Waals surface area contributed by atoms with Crippen LogP contribution in [0.25, 0.3) is 11.2 Å². The maximum absolute atomic E-state index is 14.5. The van der Waals surface area contributed by atoms with Crippen molar-refractivity contribution in [2.24, 2.45) is 20.0 Å². The van der Waals surface area contributed by atoms with Crippen molar-refractivity contribution in [3.63, 3.8) is 0 Å². The van der Waals surface area contributed by atoms with Crippen molar-refractivity contribution in [3.8, 4) is 0 Å². The maximum atomic E-state index is 14.5. The topological polar surface area (TPSA) is 65.1 Å². The predicted molar refractivity (Wildman–Crippen MR) is 114 cm³/mol. The number of halogens is 2. The molecule has 1 aliphatic heterocycles. The van der Waals surface area contributed by atoms with Crippen molar-refractivity contribution >= 4 is 22.8 Å². The van der Waals surface area contributed by atoms with E-state index in [0.29, 0.717) is 29.5 Å². The van der Waals surface area contributed by atoms with Crippen LogP contribution in [-0.4, -0.2) is 36.7 Å². The maximum Gasteiger partial charge on any atom is 0.332 e. The van der Waals surface area contributed by atoms with Crippen LogP contribution >= 0.6 is 11.6 Å². The lowest BCUT2D eigenvalue weighted by atomic mass is 10.0. The van der Waals surface area contributed by atoms with E-state index in [1.54, 1.807) is 23.7 Å². The number of hydrogen-bond acceptors (Lipinski definition) is 4. The minimum atomic E-state index is -0.452. The average Bonchev–Trinajstić information content (AvgIpc) is 3.05. The molecule has 0 bridgehead atoms. The minimum absolute atomic E-state index is 0.0637. The highest BCUT2D eigenvalue weighted by atomic mass is 35.5. The summed E-state index contributed by atoms with van der Waals surface area (Å²) in [7, 11) is 3.02. The summed E-state index contributed by atoms with van der Waals surface area (Å²) in [6.45, 7) is 4.66. The normalized spacial score (nSPS) is 17.7. The second-order valence-electron chi connectivity index (χ2n) is 8.17. The van der Waals surface area contributed by atoms with Crippen LogP contribution in [0.4, 0.5) is 4.39 Å². The third-order valence-corrected chi connectivity index (χ3v) is 6.27. The number of imidazole rings is 1. The Hall–Kier alpha value is -2.45. The molecule has 3 aromatic rings. The zero-order chi connectivity index (χ0) is 21.6. The molecule has 0 radical (unpaired) electrons. The zero-order valence-corrected chi connectivity index (χ0v) is 18.1. The van der Waals surface area contributed by atoms with Crippen LogP contribution in [0.3, 0.4) is 0 Å². The lowest BCUT2D eigenvalue weighted by molar-refractivity contribution is 0.171. The van der Waals surface area contributed by atoms with Gasteiger partial charge in [-0.25, -0.2) is 14.2 Å². The van der Waals surface area contributed by atoms with Gasteiger partial charge in [0, 0.05) is 31.2 Å². The van der Waals surface area contributed by atoms with Gasteiger partial charge in [-0.15, -0.1) is 0 Å². The van der Waals surface area contributed by atoms with Crippen molar-refractivity contribution in [2.75, 3.05) is 13.1 Å². The van der Waals surface area contributed by atoms with E-state index in [0.717, 1.165) is 24.1 Å². The first-order valence-electron chi connectivity index (χ1n) is 10.1. The third-order valence-electron chi connectivity index (χ3n) is 5.91. The smallest absolute Gasteiger partial charge is 0.316 e. The molecule has 0 amide bonds. The Balaban J connectivity index is 1.90. The highest BCUT2D eigenvalue weighted by molar-refractivity contribution is 6.31. The van der Waals surface area contributed by atoms with Gasteiger partial charge in [0.25, 0.3) is 5.56 Å². The number of hydrogen-bond donors (Lipinski definition) is 0. The summed E-state index contributed by atoms with van der Waals surface area (Å²) in [5.41, 5.74) is -0.0252. The standard InChI is InChI=1S/C21H25ClFN5O2/c1-13-6-5-9-27(10-13)12-17-24-19-18(20(29)26(3)21(30)25(19)2)28(17)11-14-15(22)7-4-8-16(14)23/h4,7-8,13H,5-6,9-12H2,1-3H3/t13-/m1/s1. The minimum Gasteiger partial charge on any atom is -0.316 e. The van der Waals surface area contributed by atoms with Crippen molar-refractivity contribution < 1.29 is 4.39 Å². The molecule has 1 aliphatic rings. The van der Waals surface area contributed by atoms with Crippen molar-refractivity contribution in [1.82, 2.24) is 23.6 Å². The SMILES string of the molecule is C[C@@H]1CCCN(Cc2nc3c(c(=O)n(C)c(=O)n3C)n2Cc2c(F)cccc2Cl)C1. The molecule has 1 atom stereocenters. The number of aromatic nitrogens is 4. The molecule has 2 aromatic heterocycles. The Morgan fingerprint density at radius 1 is 1.20 bits per heavy atom. The molecule has 9 heteroatoms. The van der Waals surface area contributed by atoms with Crippen molar-refractivity contribution in [2.45, 2.75) is 32.9 Å².